The van der Waals surface area contributed by atoms with E-state index in [4.69, 9.17) is 4.74 Å². The van der Waals surface area contributed by atoms with Gasteiger partial charge < -0.3 is 15.0 Å². The lowest BCUT2D eigenvalue weighted by atomic mass is 10.1. The Morgan fingerprint density at radius 1 is 1.00 bits per heavy atom. The number of ether oxygens (including phenoxy) is 1. The standard InChI is InChI=1S/C26H36N2O3/c1-7-24(26(30)27-15-18(2)3)28(16-22-10-8-9-19(4)12-22)25(29)17-31-23-13-20(5)11-21(6)14-23/h8-14,18,24H,7,15-17H2,1-6H3,(H,27,30)/t24-/m1/s1. The van der Waals surface area contributed by atoms with Crippen molar-refractivity contribution in [3.05, 3.63) is 64.7 Å². The highest BCUT2D eigenvalue weighted by Crippen LogP contribution is 2.18. The van der Waals surface area contributed by atoms with Gasteiger partial charge in [-0.05, 0) is 61.9 Å². The molecule has 1 atom stereocenters. The lowest BCUT2D eigenvalue weighted by Gasteiger charge is -2.31. The minimum absolute atomic E-state index is 0.108. The van der Waals surface area contributed by atoms with E-state index in [-0.39, 0.29) is 18.4 Å². The molecule has 168 valence electrons. The fraction of sp³-hybridized carbons (Fsp3) is 0.462. The fourth-order valence-corrected chi connectivity index (χ4v) is 3.59. The molecule has 0 aliphatic rings. The van der Waals surface area contributed by atoms with Crippen LogP contribution in [0.25, 0.3) is 0 Å². The number of nitrogens with zero attached hydrogens (tertiary/aromatic N) is 1. The minimum atomic E-state index is -0.547. The highest BCUT2D eigenvalue weighted by molar-refractivity contribution is 5.88. The van der Waals surface area contributed by atoms with Crippen molar-refractivity contribution in [3.63, 3.8) is 0 Å². The number of carbonyl (C=O) groups excluding carboxylic acids is 2. The fourth-order valence-electron chi connectivity index (χ4n) is 3.59. The largest absolute Gasteiger partial charge is 0.484 e. The summed E-state index contributed by atoms with van der Waals surface area (Å²) in [4.78, 5) is 27.8. The molecule has 1 N–H and O–H groups in total. The van der Waals surface area contributed by atoms with E-state index in [1.807, 2.05) is 64.1 Å². The monoisotopic (exact) mass is 424 g/mol. The van der Waals surface area contributed by atoms with Crippen molar-refractivity contribution in [2.45, 2.75) is 60.5 Å². The lowest BCUT2D eigenvalue weighted by Crippen LogP contribution is -2.50. The van der Waals surface area contributed by atoms with Gasteiger partial charge in [0.25, 0.3) is 5.91 Å². The van der Waals surface area contributed by atoms with Gasteiger partial charge in [-0.15, -0.1) is 0 Å². The second kappa shape index (κ2) is 11.5. The van der Waals surface area contributed by atoms with Crippen LogP contribution in [0.4, 0.5) is 0 Å². The molecule has 0 radical (unpaired) electrons. The Bertz CT molecular complexity index is 872. The molecule has 0 unspecified atom stereocenters. The van der Waals surface area contributed by atoms with Crippen LogP contribution >= 0.6 is 0 Å². The van der Waals surface area contributed by atoms with E-state index in [0.717, 1.165) is 22.3 Å². The number of aryl methyl sites for hydroxylation is 3. The smallest absolute Gasteiger partial charge is 0.261 e. The summed E-state index contributed by atoms with van der Waals surface area (Å²) in [5.74, 6) is 0.685. The number of hydrogen-bond donors (Lipinski definition) is 1. The molecule has 0 aromatic heterocycles. The molecule has 0 saturated heterocycles. The van der Waals surface area contributed by atoms with Gasteiger partial charge in [-0.1, -0.05) is 56.7 Å². The van der Waals surface area contributed by atoms with E-state index in [2.05, 4.69) is 25.2 Å². The van der Waals surface area contributed by atoms with Gasteiger partial charge in [-0.3, -0.25) is 9.59 Å². The van der Waals surface area contributed by atoms with E-state index in [1.54, 1.807) is 4.90 Å². The summed E-state index contributed by atoms with van der Waals surface area (Å²) >= 11 is 0. The van der Waals surface area contributed by atoms with Crippen molar-refractivity contribution >= 4 is 11.8 Å². The van der Waals surface area contributed by atoms with Crippen molar-refractivity contribution < 1.29 is 14.3 Å². The maximum absolute atomic E-state index is 13.2. The van der Waals surface area contributed by atoms with Gasteiger partial charge in [0.2, 0.25) is 5.91 Å². The number of amides is 2. The molecule has 2 amide bonds. The predicted octanol–water partition coefficient (Wildman–Crippen LogP) is 4.57. The maximum atomic E-state index is 13.2. The summed E-state index contributed by atoms with van der Waals surface area (Å²) in [5.41, 5.74) is 4.28. The van der Waals surface area contributed by atoms with E-state index in [9.17, 15) is 9.59 Å². The van der Waals surface area contributed by atoms with Crippen molar-refractivity contribution in [1.82, 2.24) is 10.2 Å². The SMILES string of the molecule is CC[C@H](C(=O)NCC(C)C)N(Cc1cccc(C)c1)C(=O)COc1cc(C)cc(C)c1. The van der Waals surface area contributed by atoms with Crippen molar-refractivity contribution in [1.29, 1.82) is 0 Å². The van der Waals surface area contributed by atoms with Crippen LogP contribution in [-0.4, -0.2) is 35.9 Å². The Hall–Kier alpha value is -2.82. The van der Waals surface area contributed by atoms with Crippen LogP contribution < -0.4 is 10.1 Å². The zero-order valence-electron chi connectivity index (χ0n) is 19.7. The molecule has 0 heterocycles. The van der Waals surface area contributed by atoms with Crippen molar-refractivity contribution in [3.8, 4) is 5.75 Å². The van der Waals surface area contributed by atoms with E-state index in [0.29, 0.717) is 31.2 Å². The van der Waals surface area contributed by atoms with Gasteiger partial charge in [0.15, 0.2) is 6.61 Å². The van der Waals surface area contributed by atoms with Crippen LogP contribution in [0, 0.1) is 26.7 Å². The van der Waals surface area contributed by atoms with E-state index in [1.165, 1.54) is 0 Å². The minimum Gasteiger partial charge on any atom is -0.484 e. The second-order valence-electron chi connectivity index (χ2n) is 8.69. The summed E-state index contributed by atoms with van der Waals surface area (Å²) in [6, 6.07) is 13.4. The van der Waals surface area contributed by atoms with Crippen LogP contribution in [-0.2, 0) is 16.1 Å². The molecule has 2 rings (SSSR count). The quantitative estimate of drug-likeness (QED) is 0.608. The maximum Gasteiger partial charge on any atom is 0.261 e. The Balaban J connectivity index is 2.21. The van der Waals surface area contributed by atoms with Gasteiger partial charge in [0.05, 0.1) is 0 Å². The van der Waals surface area contributed by atoms with E-state index >= 15 is 0 Å². The van der Waals surface area contributed by atoms with Crippen LogP contribution in [0.1, 0.15) is 49.4 Å². The summed E-state index contributed by atoms with van der Waals surface area (Å²) in [5, 5.41) is 2.98. The zero-order chi connectivity index (χ0) is 23.0. The number of benzene rings is 2. The van der Waals surface area contributed by atoms with Gasteiger partial charge in [-0.25, -0.2) is 0 Å². The summed E-state index contributed by atoms with van der Waals surface area (Å²) < 4.78 is 5.82. The number of carbonyl (C=O) groups is 2. The van der Waals surface area contributed by atoms with E-state index < -0.39 is 6.04 Å². The molecule has 5 heteroatoms. The van der Waals surface area contributed by atoms with Gasteiger partial charge in [0.1, 0.15) is 11.8 Å². The molecule has 0 aliphatic heterocycles. The third-order valence-corrected chi connectivity index (χ3v) is 5.06. The summed E-state index contributed by atoms with van der Waals surface area (Å²) in [6.45, 7) is 12.9. The van der Waals surface area contributed by atoms with Crippen LogP contribution in [0.15, 0.2) is 42.5 Å². The zero-order valence-corrected chi connectivity index (χ0v) is 19.7. The first-order valence-corrected chi connectivity index (χ1v) is 11.0. The molecule has 2 aromatic rings. The molecular weight excluding hydrogens is 388 g/mol. The summed E-state index contributed by atoms with van der Waals surface area (Å²) in [7, 11) is 0. The Labute approximate surface area is 186 Å². The third-order valence-electron chi connectivity index (χ3n) is 5.06. The Kier molecular flexibility index (Phi) is 9.10. The molecule has 0 bridgehead atoms. The van der Waals surface area contributed by atoms with Gasteiger partial charge >= 0.3 is 0 Å². The molecular formula is C26H36N2O3. The van der Waals surface area contributed by atoms with Crippen LogP contribution in [0.5, 0.6) is 5.75 Å². The molecule has 2 aromatic carbocycles. The molecule has 0 aliphatic carbocycles. The molecule has 31 heavy (non-hydrogen) atoms. The first-order chi connectivity index (χ1) is 14.7. The first-order valence-electron chi connectivity index (χ1n) is 11.0. The average molecular weight is 425 g/mol. The predicted molar refractivity (Wildman–Crippen MR) is 125 cm³/mol. The Morgan fingerprint density at radius 3 is 2.26 bits per heavy atom. The molecule has 0 fully saturated rings. The first kappa shape index (κ1) is 24.4. The molecule has 5 nitrogen and oxygen atoms in total. The van der Waals surface area contributed by atoms with Crippen molar-refractivity contribution in [2.24, 2.45) is 5.92 Å². The lowest BCUT2D eigenvalue weighted by molar-refractivity contribution is -0.143. The third kappa shape index (κ3) is 7.74. The number of rotatable bonds is 10. The average Bonchev–Trinajstić information content (AvgIpc) is 2.69. The van der Waals surface area contributed by atoms with Gasteiger partial charge in [0, 0.05) is 13.1 Å². The van der Waals surface area contributed by atoms with Crippen molar-refractivity contribution in [2.75, 3.05) is 13.2 Å². The number of nitrogens with one attached hydrogen (secondary N) is 1. The normalized spacial score (nSPS) is 11.8. The number of hydrogen-bond acceptors (Lipinski definition) is 3. The highest BCUT2D eigenvalue weighted by Gasteiger charge is 2.29. The van der Waals surface area contributed by atoms with Gasteiger partial charge in [-0.2, -0.15) is 0 Å². The Morgan fingerprint density at radius 2 is 1.68 bits per heavy atom. The van der Waals surface area contributed by atoms with Crippen LogP contribution in [0.3, 0.4) is 0 Å². The van der Waals surface area contributed by atoms with Crippen LogP contribution in [0.2, 0.25) is 0 Å². The molecule has 0 spiro atoms. The molecule has 0 saturated carbocycles. The highest BCUT2D eigenvalue weighted by atomic mass is 16.5. The summed E-state index contributed by atoms with van der Waals surface area (Å²) in [6.07, 6.45) is 0.533. The second-order valence-corrected chi connectivity index (χ2v) is 8.69. The topological polar surface area (TPSA) is 58.6 Å².